The lowest BCUT2D eigenvalue weighted by molar-refractivity contribution is -0.917. The summed E-state index contributed by atoms with van der Waals surface area (Å²) in [4.78, 5) is 13.5. The number of rotatable bonds is 7. The standard InChI is InChI=1S/C20H21FN2O3/c21-17-4-2-1-3-15(17)11-23(16-6-7-16)12-20(24)22-10-14-5-8-18-19(9-14)26-13-25-18/h1-5,8-9,16H,6-7,10-13H2,(H,22,24)/p+1. The summed E-state index contributed by atoms with van der Waals surface area (Å²) >= 11 is 0. The zero-order valence-electron chi connectivity index (χ0n) is 14.5. The number of carbonyl (C=O) groups excluding carboxylic acids is 1. The second-order valence-electron chi connectivity index (χ2n) is 6.84. The molecule has 2 aromatic rings. The Morgan fingerprint density at radius 2 is 1.96 bits per heavy atom. The maximum absolute atomic E-state index is 13.9. The molecule has 2 aromatic carbocycles. The van der Waals surface area contributed by atoms with E-state index < -0.39 is 0 Å². The Hall–Kier alpha value is -2.60. The molecule has 0 radical (unpaired) electrons. The third-order valence-electron chi connectivity index (χ3n) is 4.84. The van der Waals surface area contributed by atoms with Gasteiger partial charge in [-0.15, -0.1) is 0 Å². The summed E-state index contributed by atoms with van der Waals surface area (Å²) in [6, 6.07) is 12.9. The van der Waals surface area contributed by atoms with Gasteiger partial charge in [0.2, 0.25) is 6.79 Å². The molecule has 1 atom stereocenters. The predicted molar refractivity (Wildman–Crippen MR) is 93.4 cm³/mol. The van der Waals surface area contributed by atoms with E-state index >= 15 is 0 Å². The Morgan fingerprint density at radius 3 is 2.77 bits per heavy atom. The van der Waals surface area contributed by atoms with Crippen LogP contribution < -0.4 is 19.7 Å². The Balaban J connectivity index is 1.33. The van der Waals surface area contributed by atoms with Crippen molar-refractivity contribution in [1.29, 1.82) is 0 Å². The Labute approximate surface area is 151 Å². The van der Waals surface area contributed by atoms with Crippen LogP contribution in [0.15, 0.2) is 42.5 Å². The number of benzene rings is 2. The summed E-state index contributed by atoms with van der Waals surface area (Å²) in [5, 5.41) is 2.95. The number of halogens is 1. The van der Waals surface area contributed by atoms with E-state index in [4.69, 9.17) is 9.47 Å². The largest absolute Gasteiger partial charge is 0.454 e. The van der Waals surface area contributed by atoms with Crippen LogP contribution in [-0.2, 0) is 17.9 Å². The van der Waals surface area contributed by atoms with Gasteiger partial charge in [-0.3, -0.25) is 4.79 Å². The van der Waals surface area contributed by atoms with E-state index in [2.05, 4.69) is 5.32 Å². The monoisotopic (exact) mass is 357 g/mol. The van der Waals surface area contributed by atoms with Crippen LogP contribution in [0.25, 0.3) is 0 Å². The maximum Gasteiger partial charge on any atom is 0.275 e. The molecule has 0 spiro atoms. The van der Waals surface area contributed by atoms with Gasteiger partial charge in [0.05, 0.1) is 6.04 Å². The van der Waals surface area contributed by atoms with Gasteiger partial charge in [-0.1, -0.05) is 24.3 Å². The molecule has 1 fully saturated rings. The van der Waals surface area contributed by atoms with Crippen LogP contribution in [0, 0.1) is 5.82 Å². The highest BCUT2D eigenvalue weighted by Gasteiger charge is 2.35. The van der Waals surface area contributed by atoms with Gasteiger partial charge in [-0.2, -0.15) is 0 Å². The van der Waals surface area contributed by atoms with Crippen molar-refractivity contribution in [3.63, 3.8) is 0 Å². The van der Waals surface area contributed by atoms with Gasteiger partial charge in [0.1, 0.15) is 12.4 Å². The summed E-state index contributed by atoms with van der Waals surface area (Å²) in [6.07, 6.45) is 2.19. The molecule has 0 saturated heterocycles. The highest BCUT2D eigenvalue weighted by atomic mass is 19.1. The average molecular weight is 357 g/mol. The van der Waals surface area contributed by atoms with E-state index in [1.165, 1.54) is 6.07 Å². The van der Waals surface area contributed by atoms with Crippen LogP contribution in [0.2, 0.25) is 0 Å². The summed E-state index contributed by atoms with van der Waals surface area (Å²) in [7, 11) is 0. The lowest BCUT2D eigenvalue weighted by Gasteiger charge is -2.19. The highest BCUT2D eigenvalue weighted by Crippen LogP contribution is 2.32. The molecule has 1 amide bonds. The van der Waals surface area contributed by atoms with Crippen LogP contribution in [0.3, 0.4) is 0 Å². The number of hydrogen-bond acceptors (Lipinski definition) is 3. The fraction of sp³-hybridized carbons (Fsp3) is 0.350. The summed E-state index contributed by atoms with van der Waals surface area (Å²) in [5.41, 5.74) is 1.63. The first-order valence-corrected chi connectivity index (χ1v) is 8.92. The topological polar surface area (TPSA) is 52.0 Å². The molecule has 5 nitrogen and oxygen atoms in total. The first-order chi connectivity index (χ1) is 12.7. The van der Waals surface area contributed by atoms with Gasteiger partial charge in [-0.05, 0) is 23.8 Å². The number of amides is 1. The van der Waals surface area contributed by atoms with E-state index in [0.29, 0.717) is 37.0 Å². The second kappa shape index (κ2) is 7.33. The van der Waals surface area contributed by atoms with Crippen molar-refractivity contribution in [3.05, 3.63) is 59.4 Å². The van der Waals surface area contributed by atoms with E-state index in [1.807, 2.05) is 24.3 Å². The van der Waals surface area contributed by atoms with Crippen molar-refractivity contribution < 1.29 is 23.6 Å². The summed E-state index contributed by atoms with van der Waals surface area (Å²) in [6.45, 7) is 1.56. The number of quaternary nitrogens is 1. The smallest absolute Gasteiger partial charge is 0.275 e. The van der Waals surface area contributed by atoms with Gasteiger partial charge in [0, 0.05) is 24.9 Å². The molecule has 1 saturated carbocycles. The quantitative estimate of drug-likeness (QED) is 0.788. The van der Waals surface area contributed by atoms with Gasteiger partial charge in [-0.25, -0.2) is 4.39 Å². The van der Waals surface area contributed by atoms with Crippen molar-refractivity contribution in [1.82, 2.24) is 5.32 Å². The van der Waals surface area contributed by atoms with Crippen molar-refractivity contribution >= 4 is 5.91 Å². The molecule has 1 aliphatic carbocycles. The SMILES string of the molecule is O=C(C[NH+](Cc1ccccc1F)C1CC1)NCc1ccc2c(c1)OCO2. The highest BCUT2D eigenvalue weighted by molar-refractivity contribution is 5.76. The molecule has 0 aromatic heterocycles. The van der Waals surface area contributed by atoms with Crippen LogP contribution >= 0.6 is 0 Å². The maximum atomic E-state index is 13.9. The van der Waals surface area contributed by atoms with Gasteiger partial charge < -0.3 is 19.7 Å². The minimum atomic E-state index is -0.202. The summed E-state index contributed by atoms with van der Waals surface area (Å²) < 4.78 is 24.6. The minimum Gasteiger partial charge on any atom is -0.454 e. The van der Waals surface area contributed by atoms with Gasteiger partial charge in [0.15, 0.2) is 18.0 Å². The Bertz CT molecular complexity index is 807. The first kappa shape index (κ1) is 16.8. The Morgan fingerprint density at radius 1 is 1.15 bits per heavy atom. The van der Waals surface area contributed by atoms with Crippen molar-refractivity contribution in [2.45, 2.75) is 32.0 Å². The zero-order valence-corrected chi connectivity index (χ0v) is 14.5. The molecular formula is C20H22FN2O3+. The molecule has 4 rings (SSSR count). The van der Waals surface area contributed by atoms with E-state index in [0.717, 1.165) is 29.1 Å². The van der Waals surface area contributed by atoms with E-state index in [1.54, 1.807) is 12.1 Å². The fourth-order valence-corrected chi connectivity index (χ4v) is 3.25. The number of ether oxygens (including phenoxy) is 2. The molecule has 1 aliphatic heterocycles. The lowest BCUT2D eigenvalue weighted by atomic mass is 10.2. The first-order valence-electron chi connectivity index (χ1n) is 8.92. The lowest BCUT2D eigenvalue weighted by Crippen LogP contribution is -3.13. The van der Waals surface area contributed by atoms with Gasteiger partial charge in [0.25, 0.3) is 5.91 Å². The minimum absolute atomic E-state index is 0.0269. The molecule has 136 valence electrons. The van der Waals surface area contributed by atoms with Crippen molar-refractivity contribution in [2.24, 2.45) is 0 Å². The predicted octanol–water partition coefficient (Wildman–Crippen LogP) is 1.42. The normalized spacial score (nSPS) is 16.3. The number of hydrogen-bond donors (Lipinski definition) is 2. The van der Waals surface area contributed by atoms with E-state index in [9.17, 15) is 9.18 Å². The van der Waals surface area contributed by atoms with Crippen molar-refractivity contribution in [2.75, 3.05) is 13.3 Å². The molecule has 6 heteroatoms. The zero-order chi connectivity index (χ0) is 17.9. The molecule has 26 heavy (non-hydrogen) atoms. The van der Waals surface area contributed by atoms with Crippen LogP contribution in [0.4, 0.5) is 4.39 Å². The molecule has 0 bridgehead atoms. The van der Waals surface area contributed by atoms with Gasteiger partial charge >= 0.3 is 0 Å². The Kier molecular flexibility index (Phi) is 4.75. The number of fused-ring (bicyclic) bond motifs is 1. The molecule has 1 unspecified atom stereocenters. The third kappa shape index (κ3) is 3.96. The second-order valence-corrected chi connectivity index (χ2v) is 6.84. The van der Waals surface area contributed by atoms with Crippen LogP contribution in [0.5, 0.6) is 11.5 Å². The van der Waals surface area contributed by atoms with E-state index in [-0.39, 0.29) is 18.5 Å². The number of nitrogens with one attached hydrogen (secondary N) is 2. The molecule has 1 heterocycles. The van der Waals surface area contributed by atoms with Crippen LogP contribution in [-0.4, -0.2) is 25.3 Å². The van der Waals surface area contributed by atoms with Crippen LogP contribution in [0.1, 0.15) is 24.0 Å². The third-order valence-corrected chi connectivity index (χ3v) is 4.84. The van der Waals surface area contributed by atoms with Crippen molar-refractivity contribution in [3.8, 4) is 11.5 Å². The summed E-state index contributed by atoms with van der Waals surface area (Å²) in [5.74, 6) is 1.21. The molecular weight excluding hydrogens is 335 g/mol. The average Bonchev–Trinajstić information content (AvgIpc) is 3.39. The number of carbonyl (C=O) groups is 1. The molecule has 2 N–H and O–H groups in total. The molecule has 2 aliphatic rings. The fourth-order valence-electron chi connectivity index (χ4n) is 3.25.